The summed E-state index contributed by atoms with van der Waals surface area (Å²) in [5.41, 5.74) is 2.36. The van der Waals surface area contributed by atoms with Crippen molar-refractivity contribution in [3.8, 4) is 0 Å². The van der Waals surface area contributed by atoms with E-state index < -0.39 is 0 Å². The van der Waals surface area contributed by atoms with Crippen molar-refractivity contribution < 1.29 is 5.11 Å². The second-order valence-corrected chi connectivity index (χ2v) is 3.26. The van der Waals surface area contributed by atoms with Gasteiger partial charge in [0, 0.05) is 19.0 Å². The van der Waals surface area contributed by atoms with Crippen LogP contribution in [-0.2, 0) is 6.61 Å². The van der Waals surface area contributed by atoms with Crippen molar-refractivity contribution in [3.05, 3.63) is 35.4 Å². The minimum atomic E-state index is 0.147. The average Bonchev–Trinajstić information content (AvgIpc) is 2.02. The standard InChI is InChI=1S/C10H13NO/c12-7-8-2-1-3-9(4-8)10-5-11-6-10/h1-4,10-12H,5-7H2. The van der Waals surface area contributed by atoms with Gasteiger partial charge in [-0.15, -0.1) is 0 Å². The Labute approximate surface area is 72.2 Å². The molecule has 1 saturated heterocycles. The van der Waals surface area contributed by atoms with Crippen molar-refractivity contribution >= 4 is 0 Å². The van der Waals surface area contributed by atoms with Crippen molar-refractivity contribution in [1.82, 2.24) is 5.32 Å². The molecule has 0 atom stereocenters. The maximum absolute atomic E-state index is 8.92. The van der Waals surface area contributed by atoms with E-state index in [0.29, 0.717) is 5.92 Å². The monoisotopic (exact) mass is 163 g/mol. The molecule has 0 aliphatic carbocycles. The molecule has 0 bridgehead atoms. The number of aliphatic hydroxyl groups is 1. The molecule has 1 aliphatic heterocycles. The molecule has 2 nitrogen and oxygen atoms in total. The molecule has 1 aromatic rings. The van der Waals surface area contributed by atoms with E-state index in [2.05, 4.69) is 17.4 Å². The summed E-state index contributed by atoms with van der Waals surface area (Å²) >= 11 is 0. The maximum Gasteiger partial charge on any atom is 0.0681 e. The largest absolute Gasteiger partial charge is 0.392 e. The summed E-state index contributed by atoms with van der Waals surface area (Å²) < 4.78 is 0. The second-order valence-electron chi connectivity index (χ2n) is 3.26. The fraction of sp³-hybridized carbons (Fsp3) is 0.400. The van der Waals surface area contributed by atoms with E-state index in [4.69, 9.17) is 5.11 Å². The van der Waals surface area contributed by atoms with Gasteiger partial charge in [-0.25, -0.2) is 0 Å². The van der Waals surface area contributed by atoms with Gasteiger partial charge in [-0.1, -0.05) is 24.3 Å². The number of aliphatic hydroxyl groups excluding tert-OH is 1. The first-order valence-electron chi connectivity index (χ1n) is 4.30. The molecule has 0 radical (unpaired) electrons. The molecule has 0 unspecified atom stereocenters. The Morgan fingerprint density at radius 3 is 2.83 bits per heavy atom. The highest BCUT2D eigenvalue weighted by Crippen LogP contribution is 2.20. The number of rotatable bonds is 2. The van der Waals surface area contributed by atoms with Crippen molar-refractivity contribution in [3.63, 3.8) is 0 Å². The van der Waals surface area contributed by atoms with Gasteiger partial charge in [0.2, 0.25) is 0 Å². The van der Waals surface area contributed by atoms with Crippen LogP contribution in [0.5, 0.6) is 0 Å². The topological polar surface area (TPSA) is 32.3 Å². The van der Waals surface area contributed by atoms with Crippen LogP contribution < -0.4 is 5.32 Å². The van der Waals surface area contributed by atoms with Crippen LogP contribution in [-0.4, -0.2) is 18.2 Å². The van der Waals surface area contributed by atoms with Gasteiger partial charge in [0.05, 0.1) is 6.61 Å². The molecule has 1 fully saturated rings. The van der Waals surface area contributed by atoms with Crippen LogP contribution in [0.25, 0.3) is 0 Å². The Kier molecular flexibility index (Phi) is 2.11. The highest BCUT2D eigenvalue weighted by Gasteiger charge is 2.18. The molecular formula is C10H13NO. The van der Waals surface area contributed by atoms with Crippen LogP contribution in [0.4, 0.5) is 0 Å². The average molecular weight is 163 g/mol. The van der Waals surface area contributed by atoms with Gasteiger partial charge in [-0.05, 0) is 11.1 Å². The summed E-state index contributed by atoms with van der Waals surface area (Å²) in [6, 6.07) is 8.19. The van der Waals surface area contributed by atoms with E-state index >= 15 is 0 Å². The summed E-state index contributed by atoms with van der Waals surface area (Å²) in [5.74, 6) is 0.663. The molecule has 0 spiro atoms. The van der Waals surface area contributed by atoms with E-state index in [1.54, 1.807) is 0 Å². The van der Waals surface area contributed by atoms with Gasteiger partial charge in [0.25, 0.3) is 0 Å². The smallest absolute Gasteiger partial charge is 0.0681 e. The molecule has 2 heteroatoms. The van der Waals surface area contributed by atoms with Crippen LogP contribution >= 0.6 is 0 Å². The normalized spacial score (nSPS) is 17.4. The molecule has 0 aromatic heterocycles. The van der Waals surface area contributed by atoms with Gasteiger partial charge >= 0.3 is 0 Å². The van der Waals surface area contributed by atoms with Gasteiger partial charge in [0.1, 0.15) is 0 Å². The lowest BCUT2D eigenvalue weighted by molar-refractivity contribution is 0.281. The Morgan fingerprint density at radius 2 is 2.25 bits per heavy atom. The molecule has 1 heterocycles. The Balaban J connectivity index is 2.19. The minimum absolute atomic E-state index is 0.147. The molecular weight excluding hydrogens is 150 g/mol. The number of hydrogen-bond donors (Lipinski definition) is 2. The summed E-state index contributed by atoms with van der Waals surface area (Å²) in [5, 5.41) is 12.2. The summed E-state index contributed by atoms with van der Waals surface area (Å²) in [4.78, 5) is 0. The molecule has 0 amide bonds. The third-order valence-electron chi connectivity index (χ3n) is 2.39. The van der Waals surface area contributed by atoms with E-state index in [0.717, 1.165) is 18.7 Å². The van der Waals surface area contributed by atoms with Crippen molar-refractivity contribution in [2.24, 2.45) is 0 Å². The second kappa shape index (κ2) is 3.25. The van der Waals surface area contributed by atoms with Crippen LogP contribution in [0.2, 0.25) is 0 Å². The van der Waals surface area contributed by atoms with Crippen LogP contribution in [0.3, 0.4) is 0 Å². The first-order chi connectivity index (χ1) is 5.90. The lowest BCUT2D eigenvalue weighted by Gasteiger charge is -2.27. The number of benzene rings is 1. The number of hydrogen-bond acceptors (Lipinski definition) is 2. The van der Waals surface area contributed by atoms with E-state index in [9.17, 15) is 0 Å². The zero-order chi connectivity index (χ0) is 8.39. The lowest BCUT2D eigenvalue weighted by atomic mass is 9.93. The zero-order valence-corrected chi connectivity index (χ0v) is 6.96. The fourth-order valence-electron chi connectivity index (χ4n) is 1.47. The summed E-state index contributed by atoms with van der Waals surface area (Å²) in [6.45, 7) is 2.30. The fourth-order valence-corrected chi connectivity index (χ4v) is 1.47. The lowest BCUT2D eigenvalue weighted by Crippen LogP contribution is -2.39. The molecule has 0 saturated carbocycles. The Morgan fingerprint density at radius 1 is 1.42 bits per heavy atom. The summed E-state index contributed by atoms with van der Waals surface area (Å²) in [6.07, 6.45) is 0. The van der Waals surface area contributed by atoms with E-state index in [1.807, 2.05) is 12.1 Å². The highest BCUT2D eigenvalue weighted by atomic mass is 16.3. The third kappa shape index (κ3) is 1.36. The van der Waals surface area contributed by atoms with E-state index in [1.165, 1.54) is 5.56 Å². The number of nitrogens with one attached hydrogen (secondary N) is 1. The van der Waals surface area contributed by atoms with Crippen molar-refractivity contribution in [1.29, 1.82) is 0 Å². The van der Waals surface area contributed by atoms with Crippen LogP contribution in [0, 0.1) is 0 Å². The third-order valence-corrected chi connectivity index (χ3v) is 2.39. The van der Waals surface area contributed by atoms with Gasteiger partial charge < -0.3 is 10.4 Å². The minimum Gasteiger partial charge on any atom is -0.392 e. The quantitative estimate of drug-likeness (QED) is 0.678. The summed E-state index contributed by atoms with van der Waals surface area (Å²) in [7, 11) is 0. The van der Waals surface area contributed by atoms with E-state index in [-0.39, 0.29) is 6.61 Å². The predicted octanol–water partition coefficient (Wildman–Crippen LogP) is 0.866. The Hall–Kier alpha value is -0.860. The van der Waals surface area contributed by atoms with Gasteiger partial charge in [-0.3, -0.25) is 0 Å². The highest BCUT2D eigenvalue weighted by molar-refractivity contribution is 5.27. The first kappa shape index (κ1) is 7.77. The van der Waals surface area contributed by atoms with Crippen molar-refractivity contribution in [2.75, 3.05) is 13.1 Å². The first-order valence-corrected chi connectivity index (χ1v) is 4.30. The molecule has 64 valence electrons. The van der Waals surface area contributed by atoms with Crippen LogP contribution in [0.1, 0.15) is 17.0 Å². The predicted molar refractivity (Wildman–Crippen MR) is 48.0 cm³/mol. The Bertz CT molecular complexity index is 268. The van der Waals surface area contributed by atoms with Crippen LogP contribution in [0.15, 0.2) is 24.3 Å². The SMILES string of the molecule is OCc1cccc(C2CNC2)c1. The molecule has 1 aliphatic rings. The van der Waals surface area contributed by atoms with Crippen molar-refractivity contribution in [2.45, 2.75) is 12.5 Å². The zero-order valence-electron chi connectivity index (χ0n) is 6.96. The van der Waals surface area contributed by atoms with Gasteiger partial charge in [0.15, 0.2) is 0 Å². The maximum atomic E-state index is 8.92. The van der Waals surface area contributed by atoms with Gasteiger partial charge in [-0.2, -0.15) is 0 Å². The molecule has 1 aromatic carbocycles. The molecule has 2 rings (SSSR count). The molecule has 2 N–H and O–H groups in total. The molecule has 12 heavy (non-hydrogen) atoms.